The highest BCUT2D eigenvalue weighted by Crippen LogP contribution is 2.23. The second-order valence-corrected chi connectivity index (χ2v) is 7.44. The lowest BCUT2D eigenvalue weighted by Crippen LogP contribution is -2.30. The summed E-state index contributed by atoms with van der Waals surface area (Å²) in [7, 11) is 0. The third kappa shape index (κ3) is 4.47. The van der Waals surface area contributed by atoms with E-state index in [1.165, 1.54) is 10.5 Å². The molecule has 0 unspecified atom stereocenters. The van der Waals surface area contributed by atoms with Crippen molar-refractivity contribution in [3.8, 4) is 0 Å². The standard InChI is InChI=1S/C23H26N2O3/c1-16(2)17-11-13-18(14-12-17)24-21(26)10-4-3-7-15-25-22(27)19-8-5-6-9-20(19)23(25)28/h5-6,8-9,11-14,16H,3-4,7,10,15H2,1-2H3,(H,24,26). The molecular formula is C23H26N2O3. The summed E-state index contributed by atoms with van der Waals surface area (Å²) in [6, 6.07) is 14.8. The van der Waals surface area contributed by atoms with Crippen LogP contribution in [0.2, 0.25) is 0 Å². The predicted molar refractivity (Wildman–Crippen MR) is 109 cm³/mol. The van der Waals surface area contributed by atoms with Crippen molar-refractivity contribution in [3.63, 3.8) is 0 Å². The van der Waals surface area contributed by atoms with Crippen molar-refractivity contribution in [2.75, 3.05) is 11.9 Å². The minimum Gasteiger partial charge on any atom is -0.326 e. The number of hydrogen-bond acceptors (Lipinski definition) is 3. The fourth-order valence-electron chi connectivity index (χ4n) is 3.35. The average Bonchev–Trinajstić information content (AvgIpc) is 2.93. The average molecular weight is 378 g/mol. The number of nitrogens with one attached hydrogen (secondary N) is 1. The van der Waals surface area contributed by atoms with Gasteiger partial charge in [-0.3, -0.25) is 19.3 Å². The smallest absolute Gasteiger partial charge is 0.261 e. The number of rotatable bonds is 8. The summed E-state index contributed by atoms with van der Waals surface area (Å²) in [5.41, 5.74) is 3.01. The molecule has 2 aromatic rings. The Morgan fingerprint density at radius 2 is 1.50 bits per heavy atom. The van der Waals surface area contributed by atoms with E-state index >= 15 is 0 Å². The van der Waals surface area contributed by atoms with Gasteiger partial charge in [0.15, 0.2) is 0 Å². The van der Waals surface area contributed by atoms with Crippen LogP contribution in [0.5, 0.6) is 0 Å². The maximum Gasteiger partial charge on any atom is 0.261 e. The SMILES string of the molecule is CC(C)c1ccc(NC(=O)CCCCCN2C(=O)c3ccccc3C2=O)cc1. The molecule has 0 fully saturated rings. The van der Waals surface area contributed by atoms with Crippen LogP contribution in [0.15, 0.2) is 48.5 Å². The van der Waals surface area contributed by atoms with Gasteiger partial charge in [0.05, 0.1) is 11.1 Å². The molecule has 5 nitrogen and oxygen atoms in total. The van der Waals surface area contributed by atoms with E-state index in [0.717, 1.165) is 18.5 Å². The molecule has 0 aromatic heterocycles. The number of amides is 3. The highest BCUT2D eigenvalue weighted by atomic mass is 16.2. The lowest BCUT2D eigenvalue weighted by Gasteiger charge is -2.13. The topological polar surface area (TPSA) is 66.5 Å². The van der Waals surface area contributed by atoms with Crippen LogP contribution in [-0.4, -0.2) is 29.2 Å². The Balaban J connectivity index is 1.38. The first kappa shape index (κ1) is 19.8. The van der Waals surface area contributed by atoms with Crippen molar-refractivity contribution >= 4 is 23.4 Å². The summed E-state index contributed by atoms with van der Waals surface area (Å²) in [6.45, 7) is 4.66. The van der Waals surface area contributed by atoms with Gasteiger partial charge in [-0.05, 0) is 48.6 Å². The number of imide groups is 1. The molecule has 1 aliphatic rings. The minimum absolute atomic E-state index is 0.0157. The second-order valence-electron chi connectivity index (χ2n) is 7.44. The predicted octanol–water partition coefficient (Wildman–Crippen LogP) is 4.61. The molecule has 0 aliphatic carbocycles. The van der Waals surface area contributed by atoms with Crippen LogP contribution in [-0.2, 0) is 4.79 Å². The van der Waals surface area contributed by atoms with Crippen molar-refractivity contribution < 1.29 is 14.4 Å². The van der Waals surface area contributed by atoms with E-state index in [-0.39, 0.29) is 17.7 Å². The maximum atomic E-state index is 12.3. The van der Waals surface area contributed by atoms with Gasteiger partial charge in [-0.15, -0.1) is 0 Å². The van der Waals surface area contributed by atoms with E-state index in [1.54, 1.807) is 24.3 Å². The fraction of sp³-hybridized carbons (Fsp3) is 0.348. The normalized spacial score (nSPS) is 13.2. The van der Waals surface area contributed by atoms with E-state index in [1.807, 2.05) is 24.3 Å². The number of fused-ring (bicyclic) bond motifs is 1. The van der Waals surface area contributed by atoms with E-state index in [9.17, 15) is 14.4 Å². The second kappa shape index (κ2) is 8.83. The minimum atomic E-state index is -0.219. The van der Waals surface area contributed by atoms with Crippen molar-refractivity contribution in [1.29, 1.82) is 0 Å². The fourth-order valence-corrected chi connectivity index (χ4v) is 3.35. The maximum absolute atomic E-state index is 12.3. The number of anilines is 1. The molecule has 0 atom stereocenters. The summed E-state index contributed by atoms with van der Waals surface area (Å²) in [4.78, 5) is 38.0. The van der Waals surface area contributed by atoms with Gasteiger partial charge < -0.3 is 5.32 Å². The lowest BCUT2D eigenvalue weighted by atomic mass is 10.0. The van der Waals surface area contributed by atoms with Gasteiger partial charge in [0.2, 0.25) is 5.91 Å². The third-order valence-electron chi connectivity index (χ3n) is 5.02. The molecule has 2 aromatic carbocycles. The zero-order valence-corrected chi connectivity index (χ0v) is 16.4. The molecule has 1 N–H and O–H groups in total. The van der Waals surface area contributed by atoms with Gasteiger partial charge >= 0.3 is 0 Å². The van der Waals surface area contributed by atoms with Gasteiger partial charge in [0.1, 0.15) is 0 Å². The van der Waals surface area contributed by atoms with Crippen LogP contribution in [0.3, 0.4) is 0 Å². The van der Waals surface area contributed by atoms with Crippen molar-refractivity contribution in [2.24, 2.45) is 0 Å². The summed E-state index contributed by atoms with van der Waals surface area (Å²) in [5, 5.41) is 2.91. The van der Waals surface area contributed by atoms with E-state index in [4.69, 9.17) is 0 Å². The van der Waals surface area contributed by atoms with Crippen LogP contribution in [0, 0.1) is 0 Å². The quantitative estimate of drug-likeness (QED) is 0.539. The summed E-state index contributed by atoms with van der Waals surface area (Å²) < 4.78 is 0. The van der Waals surface area contributed by atoms with Gasteiger partial charge in [-0.2, -0.15) is 0 Å². The van der Waals surface area contributed by atoms with E-state index in [2.05, 4.69) is 19.2 Å². The number of benzene rings is 2. The van der Waals surface area contributed by atoms with E-state index in [0.29, 0.717) is 36.4 Å². The lowest BCUT2D eigenvalue weighted by molar-refractivity contribution is -0.116. The van der Waals surface area contributed by atoms with Crippen LogP contribution in [0.25, 0.3) is 0 Å². The highest BCUT2D eigenvalue weighted by molar-refractivity contribution is 6.21. The Hall–Kier alpha value is -2.95. The third-order valence-corrected chi connectivity index (χ3v) is 5.02. The molecule has 0 saturated heterocycles. The number of unbranched alkanes of at least 4 members (excludes halogenated alkanes) is 2. The Morgan fingerprint density at radius 1 is 0.893 bits per heavy atom. The monoisotopic (exact) mass is 378 g/mol. The molecule has 0 radical (unpaired) electrons. The van der Waals surface area contributed by atoms with Gasteiger partial charge in [-0.25, -0.2) is 0 Å². The molecule has 5 heteroatoms. The molecule has 0 spiro atoms. The Kier molecular flexibility index (Phi) is 6.24. The first-order chi connectivity index (χ1) is 13.5. The number of carbonyl (C=O) groups excluding carboxylic acids is 3. The van der Waals surface area contributed by atoms with Gasteiger partial charge in [-0.1, -0.05) is 44.5 Å². The molecule has 1 heterocycles. The van der Waals surface area contributed by atoms with Gasteiger partial charge in [0.25, 0.3) is 11.8 Å². The Labute approximate surface area is 165 Å². The summed E-state index contributed by atoms with van der Waals surface area (Å²) >= 11 is 0. The molecular weight excluding hydrogens is 352 g/mol. The van der Waals surface area contributed by atoms with Crippen LogP contribution in [0.4, 0.5) is 5.69 Å². The Morgan fingerprint density at radius 3 is 2.07 bits per heavy atom. The number of hydrogen-bond donors (Lipinski definition) is 1. The Bertz CT molecular complexity index is 837. The van der Waals surface area contributed by atoms with Crippen LogP contribution >= 0.6 is 0 Å². The number of carbonyl (C=O) groups is 3. The highest BCUT2D eigenvalue weighted by Gasteiger charge is 2.34. The van der Waals surface area contributed by atoms with Gasteiger partial charge in [0, 0.05) is 18.7 Å². The van der Waals surface area contributed by atoms with Crippen LogP contribution in [0.1, 0.15) is 71.7 Å². The van der Waals surface area contributed by atoms with Crippen molar-refractivity contribution in [1.82, 2.24) is 4.90 Å². The largest absolute Gasteiger partial charge is 0.326 e. The van der Waals surface area contributed by atoms with E-state index < -0.39 is 0 Å². The summed E-state index contributed by atoms with van der Waals surface area (Å²) in [5.74, 6) is 0.0105. The summed E-state index contributed by atoms with van der Waals surface area (Å²) in [6.07, 6.45) is 2.63. The first-order valence-electron chi connectivity index (χ1n) is 9.82. The van der Waals surface area contributed by atoms with Crippen molar-refractivity contribution in [3.05, 3.63) is 65.2 Å². The zero-order valence-electron chi connectivity index (χ0n) is 16.4. The number of nitrogens with zero attached hydrogens (tertiary/aromatic N) is 1. The molecule has 0 saturated carbocycles. The zero-order chi connectivity index (χ0) is 20.1. The molecule has 1 aliphatic heterocycles. The molecule has 0 bridgehead atoms. The molecule has 3 rings (SSSR count). The molecule has 3 amide bonds. The van der Waals surface area contributed by atoms with Crippen molar-refractivity contribution in [2.45, 2.75) is 45.4 Å². The molecule has 28 heavy (non-hydrogen) atoms. The molecule has 146 valence electrons. The first-order valence-corrected chi connectivity index (χ1v) is 9.82. The van der Waals surface area contributed by atoms with Crippen LogP contribution < -0.4 is 5.32 Å².